The van der Waals surface area contributed by atoms with Crippen molar-refractivity contribution in [1.29, 1.82) is 0 Å². The summed E-state index contributed by atoms with van der Waals surface area (Å²) in [6.45, 7) is 1.43. The first kappa shape index (κ1) is 10.4. The molecule has 0 saturated carbocycles. The van der Waals surface area contributed by atoms with Gasteiger partial charge in [-0.15, -0.1) is 0 Å². The molecule has 0 radical (unpaired) electrons. The van der Waals surface area contributed by atoms with Gasteiger partial charge < -0.3 is 9.53 Å². The Labute approximate surface area is 90.3 Å². The van der Waals surface area contributed by atoms with Gasteiger partial charge >= 0.3 is 0 Å². The fraction of sp³-hybridized carbons (Fsp3) is 0.462. The van der Waals surface area contributed by atoms with Gasteiger partial charge in [0, 0.05) is 18.6 Å². The third kappa shape index (κ3) is 2.45. The molecule has 0 unspecified atom stereocenters. The van der Waals surface area contributed by atoms with Crippen LogP contribution < -0.4 is 0 Å². The fourth-order valence-electron chi connectivity index (χ4n) is 2.12. The van der Waals surface area contributed by atoms with Crippen LogP contribution in [0.1, 0.15) is 18.4 Å². The van der Waals surface area contributed by atoms with E-state index in [4.69, 9.17) is 4.74 Å². The molecule has 0 aromatic heterocycles. The highest BCUT2D eigenvalue weighted by molar-refractivity contribution is 5.60. The summed E-state index contributed by atoms with van der Waals surface area (Å²) >= 11 is 0. The zero-order valence-electron chi connectivity index (χ0n) is 8.82. The quantitative estimate of drug-likeness (QED) is 0.706. The van der Waals surface area contributed by atoms with Crippen LogP contribution in [0.2, 0.25) is 0 Å². The summed E-state index contributed by atoms with van der Waals surface area (Å²) in [7, 11) is 0. The first-order chi connectivity index (χ1) is 7.35. The van der Waals surface area contributed by atoms with E-state index in [0.717, 1.165) is 25.5 Å². The molecule has 0 aliphatic carbocycles. The number of ether oxygens (including phenoxy) is 1. The van der Waals surface area contributed by atoms with Gasteiger partial charge in [-0.25, -0.2) is 0 Å². The second-order valence-electron chi connectivity index (χ2n) is 4.25. The lowest BCUT2D eigenvalue weighted by Gasteiger charge is -2.32. The third-order valence-corrected chi connectivity index (χ3v) is 3.14. The van der Waals surface area contributed by atoms with E-state index in [9.17, 15) is 4.79 Å². The Morgan fingerprint density at radius 1 is 1.20 bits per heavy atom. The average molecular weight is 204 g/mol. The van der Waals surface area contributed by atoms with Crippen molar-refractivity contribution in [1.82, 2.24) is 0 Å². The molecule has 0 amide bonds. The first-order valence-electron chi connectivity index (χ1n) is 5.43. The van der Waals surface area contributed by atoms with Crippen molar-refractivity contribution in [2.45, 2.75) is 19.3 Å². The highest BCUT2D eigenvalue weighted by Crippen LogP contribution is 2.31. The summed E-state index contributed by atoms with van der Waals surface area (Å²) in [5.74, 6) is 0. The van der Waals surface area contributed by atoms with Gasteiger partial charge in [0.15, 0.2) is 0 Å². The van der Waals surface area contributed by atoms with Crippen molar-refractivity contribution in [2.24, 2.45) is 5.41 Å². The molecular formula is C13H16O2. The number of aldehydes is 1. The number of hydrogen-bond donors (Lipinski definition) is 0. The van der Waals surface area contributed by atoms with Crippen LogP contribution in [0.15, 0.2) is 30.3 Å². The van der Waals surface area contributed by atoms with Crippen LogP contribution in [-0.4, -0.2) is 19.5 Å². The van der Waals surface area contributed by atoms with Crippen molar-refractivity contribution in [3.63, 3.8) is 0 Å². The summed E-state index contributed by atoms with van der Waals surface area (Å²) < 4.78 is 5.31. The van der Waals surface area contributed by atoms with Gasteiger partial charge in [-0.05, 0) is 24.8 Å². The fourth-order valence-corrected chi connectivity index (χ4v) is 2.12. The molecule has 1 aliphatic heterocycles. The number of benzene rings is 1. The Hall–Kier alpha value is -1.15. The van der Waals surface area contributed by atoms with E-state index in [-0.39, 0.29) is 5.41 Å². The summed E-state index contributed by atoms with van der Waals surface area (Å²) in [5.41, 5.74) is 1.06. The van der Waals surface area contributed by atoms with Gasteiger partial charge in [0.1, 0.15) is 6.29 Å². The molecule has 1 aromatic rings. The second kappa shape index (κ2) is 4.58. The number of carbonyl (C=O) groups is 1. The molecule has 1 saturated heterocycles. The lowest BCUT2D eigenvalue weighted by Crippen LogP contribution is -2.33. The summed E-state index contributed by atoms with van der Waals surface area (Å²) in [6, 6.07) is 10.2. The van der Waals surface area contributed by atoms with Crippen molar-refractivity contribution >= 4 is 6.29 Å². The Kier molecular flexibility index (Phi) is 3.17. The minimum absolute atomic E-state index is 0.181. The molecule has 0 atom stereocenters. The molecule has 1 aromatic carbocycles. The Balaban J connectivity index is 2.10. The van der Waals surface area contributed by atoms with Crippen molar-refractivity contribution in [3.05, 3.63) is 35.9 Å². The maximum absolute atomic E-state index is 11.2. The molecular weight excluding hydrogens is 188 g/mol. The largest absolute Gasteiger partial charge is 0.381 e. The lowest BCUT2D eigenvalue weighted by molar-refractivity contribution is -0.121. The number of rotatable bonds is 3. The van der Waals surface area contributed by atoms with E-state index in [1.807, 2.05) is 18.2 Å². The zero-order chi connectivity index (χ0) is 10.6. The number of carbonyl (C=O) groups excluding carboxylic acids is 1. The van der Waals surface area contributed by atoms with Gasteiger partial charge in [-0.3, -0.25) is 0 Å². The Bertz CT molecular complexity index is 313. The van der Waals surface area contributed by atoms with E-state index in [1.54, 1.807) is 0 Å². The zero-order valence-corrected chi connectivity index (χ0v) is 8.82. The maximum Gasteiger partial charge on any atom is 0.126 e. The standard InChI is InChI=1S/C13H16O2/c14-11-13(6-8-15-9-7-13)10-12-4-2-1-3-5-12/h1-5,11H,6-10H2. The normalized spacial score (nSPS) is 19.7. The van der Waals surface area contributed by atoms with Crippen LogP contribution in [0.3, 0.4) is 0 Å². The molecule has 80 valence electrons. The summed E-state index contributed by atoms with van der Waals surface area (Å²) in [4.78, 5) is 11.2. The van der Waals surface area contributed by atoms with E-state index >= 15 is 0 Å². The van der Waals surface area contributed by atoms with Crippen molar-refractivity contribution < 1.29 is 9.53 Å². The van der Waals surface area contributed by atoms with Crippen LogP contribution in [0, 0.1) is 5.41 Å². The molecule has 2 rings (SSSR count). The summed E-state index contributed by atoms with van der Waals surface area (Å²) in [6.07, 6.45) is 3.68. The SMILES string of the molecule is O=CC1(Cc2ccccc2)CCOCC1. The lowest BCUT2D eigenvalue weighted by atomic mass is 9.77. The molecule has 0 bridgehead atoms. The third-order valence-electron chi connectivity index (χ3n) is 3.14. The van der Waals surface area contributed by atoms with Gasteiger partial charge in [0.2, 0.25) is 0 Å². The van der Waals surface area contributed by atoms with E-state index in [2.05, 4.69) is 12.1 Å². The van der Waals surface area contributed by atoms with Crippen LogP contribution in [0.4, 0.5) is 0 Å². The van der Waals surface area contributed by atoms with Crippen molar-refractivity contribution in [3.8, 4) is 0 Å². The van der Waals surface area contributed by atoms with E-state index in [0.29, 0.717) is 13.2 Å². The second-order valence-corrected chi connectivity index (χ2v) is 4.25. The molecule has 0 N–H and O–H groups in total. The van der Waals surface area contributed by atoms with Crippen molar-refractivity contribution in [2.75, 3.05) is 13.2 Å². The number of hydrogen-bond acceptors (Lipinski definition) is 2. The van der Waals surface area contributed by atoms with Gasteiger partial charge in [-0.1, -0.05) is 30.3 Å². The first-order valence-corrected chi connectivity index (χ1v) is 5.43. The molecule has 2 heteroatoms. The minimum atomic E-state index is -0.181. The molecule has 0 spiro atoms. The predicted molar refractivity (Wildman–Crippen MR) is 58.7 cm³/mol. The Morgan fingerprint density at radius 3 is 2.47 bits per heavy atom. The van der Waals surface area contributed by atoms with Crippen LogP contribution in [-0.2, 0) is 16.0 Å². The molecule has 1 heterocycles. The molecule has 15 heavy (non-hydrogen) atoms. The highest BCUT2D eigenvalue weighted by atomic mass is 16.5. The maximum atomic E-state index is 11.2. The van der Waals surface area contributed by atoms with Crippen LogP contribution in [0.25, 0.3) is 0 Å². The average Bonchev–Trinajstić information content (AvgIpc) is 2.32. The highest BCUT2D eigenvalue weighted by Gasteiger charge is 2.32. The van der Waals surface area contributed by atoms with Crippen LogP contribution in [0.5, 0.6) is 0 Å². The summed E-state index contributed by atoms with van der Waals surface area (Å²) in [5, 5.41) is 0. The predicted octanol–water partition coefficient (Wildman–Crippen LogP) is 2.22. The minimum Gasteiger partial charge on any atom is -0.381 e. The monoisotopic (exact) mass is 204 g/mol. The molecule has 2 nitrogen and oxygen atoms in total. The molecule has 1 aliphatic rings. The Morgan fingerprint density at radius 2 is 1.87 bits per heavy atom. The van der Waals surface area contributed by atoms with Gasteiger partial charge in [0.25, 0.3) is 0 Å². The van der Waals surface area contributed by atoms with E-state index < -0.39 is 0 Å². The topological polar surface area (TPSA) is 26.3 Å². The van der Waals surface area contributed by atoms with Gasteiger partial charge in [-0.2, -0.15) is 0 Å². The van der Waals surface area contributed by atoms with E-state index in [1.165, 1.54) is 5.56 Å². The van der Waals surface area contributed by atoms with Crippen LogP contribution >= 0.6 is 0 Å². The molecule has 1 fully saturated rings. The smallest absolute Gasteiger partial charge is 0.126 e. The van der Waals surface area contributed by atoms with Gasteiger partial charge in [0.05, 0.1) is 0 Å².